The summed E-state index contributed by atoms with van der Waals surface area (Å²) in [6.07, 6.45) is 3.00. The maximum atomic E-state index is 12.3. The van der Waals surface area contributed by atoms with Gasteiger partial charge in [-0.3, -0.25) is 14.6 Å². The summed E-state index contributed by atoms with van der Waals surface area (Å²) in [5.41, 5.74) is 4.37. The molecule has 0 spiro atoms. The topological polar surface area (TPSA) is 37.8 Å². The predicted octanol–water partition coefficient (Wildman–Crippen LogP) is 3.51. The van der Waals surface area contributed by atoms with Crippen LogP contribution in [0, 0.1) is 6.92 Å². The molecule has 1 N–H and O–H groups in total. The Balaban J connectivity index is 2.48. The van der Waals surface area contributed by atoms with Crippen molar-refractivity contribution in [2.45, 2.75) is 46.6 Å². The van der Waals surface area contributed by atoms with Crippen molar-refractivity contribution >= 4 is 0 Å². The minimum Gasteiger partial charge on any atom is -0.295 e. The molecule has 102 valence electrons. The average Bonchev–Trinajstić information content (AvgIpc) is 2.74. The number of unbranched alkanes of at least 4 members (excludes halogenated alkanes) is 1. The van der Waals surface area contributed by atoms with Gasteiger partial charge in [-0.25, -0.2) is 0 Å². The second kappa shape index (κ2) is 5.91. The number of aryl methyl sites for hydroxylation is 2. The predicted molar refractivity (Wildman–Crippen MR) is 79.5 cm³/mol. The van der Waals surface area contributed by atoms with E-state index in [2.05, 4.69) is 43.2 Å². The molecule has 19 heavy (non-hydrogen) atoms. The van der Waals surface area contributed by atoms with Gasteiger partial charge in [0.1, 0.15) is 0 Å². The number of aromatic nitrogens is 2. The molecule has 0 radical (unpaired) electrons. The zero-order valence-corrected chi connectivity index (χ0v) is 12.0. The molecule has 3 heteroatoms. The summed E-state index contributed by atoms with van der Waals surface area (Å²) in [5.74, 6) is 0. The number of nitrogens with one attached hydrogen (secondary N) is 1. The van der Waals surface area contributed by atoms with Gasteiger partial charge in [0.15, 0.2) is 0 Å². The van der Waals surface area contributed by atoms with Gasteiger partial charge in [-0.15, -0.1) is 0 Å². The SMILES string of the molecule is CCCCc1c(-c2ccc(C)cc2)[nH]n(CC)c1=O. The number of hydrogen-bond donors (Lipinski definition) is 1. The summed E-state index contributed by atoms with van der Waals surface area (Å²) in [6, 6.07) is 8.33. The number of hydrogen-bond acceptors (Lipinski definition) is 1. The largest absolute Gasteiger partial charge is 0.295 e. The van der Waals surface area contributed by atoms with Gasteiger partial charge in [0.05, 0.1) is 5.69 Å². The zero-order chi connectivity index (χ0) is 13.8. The molecule has 0 saturated heterocycles. The van der Waals surface area contributed by atoms with Gasteiger partial charge in [0.2, 0.25) is 0 Å². The molecule has 0 fully saturated rings. The van der Waals surface area contributed by atoms with Crippen molar-refractivity contribution in [3.63, 3.8) is 0 Å². The highest BCUT2D eigenvalue weighted by atomic mass is 16.1. The highest BCUT2D eigenvalue weighted by Gasteiger charge is 2.14. The van der Waals surface area contributed by atoms with E-state index >= 15 is 0 Å². The lowest BCUT2D eigenvalue weighted by Crippen LogP contribution is -2.17. The molecule has 1 aromatic carbocycles. The van der Waals surface area contributed by atoms with Crippen molar-refractivity contribution < 1.29 is 0 Å². The Morgan fingerprint density at radius 3 is 2.42 bits per heavy atom. The molecule has 0 aliphatic carbocycles. The van der Waals surface area contributed by atoms with Crippen LogP contribution in [0.15, 0.2) is 29.1 Å². The van der Waals surface area contributed by atoms with Crippen LogP contribution >= 0.6 is 0 Å². The Hall–Kier alpha value is -1.77. The van der Waals surface area contributed by atoms with E-state index < -0.39 is 0 Å². The Morgan fingerprint density at radius 2 is 1.84 bits per heavy atom. The Bertz CT molecular complexity index is 590. The number of aromatic amines is 1. The lowest BCUT2D eigenvalue weighted by atomic mass is 10.0. The van der Waals surface area contributed by atoms with E-state index in [-0.39, 0.29) is 5.56 Å². The van der Waals surface area contributed by atoms with Gasteiger partial charge >= 0.3 is 0 Å². The molecule has 0 unspecified atom stereocenters. The monoisotopic (exact) mass is 258 g/mol. The van der Waals surface area contributed by atoms with Crippen molar-refractivity contribution in [1.82, 2.24) is 9.78 Å². The first-order valence-electron chi connectivity index (χ1n) is 7.06. The molecule has 0 aliphatic heterocycles. The second-order valence-corrected chi connectivity index (χ2v) is 4.98. The van der Waals surface area contributed by atoms with Gasteiger partial charge in [-0.05, 0) is 32.3 Å². The van der Waals surface area contributed by atoms with Gasteiger partial charge in [0.25, 0.3) is 5.56 Å². The van der Waals surface area contributed by atoms with Crippen LogP contribution in [0.3, 0.4) is 0 Å². The van der Waals surface area contributed by atoms with Crippen LogP contribution in [0.2, 0.25) is 0 Å². The van der Waals surface area contributed by atoms with Crippen LogP contribution in [0.1, 0.15) is 37.8 Å². The Kier molecular flexibility index (Phi) is 4.25. The van der Waals surface area contributed by atoms with Gasteiger partial charge in [0, 0.05) is 12.1 Å². The fraction of sp³-hybridized carbons (Fsp3) is 0.438. The molecular weight excluding hydrogens is 236 g/mol. The second-order valence-electron chi connectivity index (χ2n) is 4.98. The van der Waals surface area contributed by atoms with E-state index in [0.29, 0.717) is 6.54 Å². The molecule has 0 saturated carbocycles. The first-order chi connectivity index (χ1) is 9.17. The minimum atomic E-state index is 0.131. The van der Waals surface area contributed by atoms with Gasteiger partial charge < -0.3 is 0 Å². The highest BCUT2D eigenvalue weighted by molar-refractivity contribution is 5.63. The van der Waals surface area contributed by atoms with E-state index in [1.54, 1.807) is 4.68 Å². The quantitative estimate of drug-likeness (QED) is 0.875. The maximum absolute atomic E-state index is 12.3. The van der Waals surface area contributed by atoms with Crippen LogP contribution in [0.25, 0.3) is 11.3 Å². The van der Waals surface area contributed by atoms with Crippen molar-refractivity contribution in [3.8, 4) is 11.3 Å². The van der Waals surface area contributed by atoms with Crippen LogP contribution in [0.5, 0.6) is 0 Å². The third kappa shape index (κ3) is 2.80. The molecule has 0 amide bonds. The summed E-state index contributed by atoms with van der Waals surface area (Å²) < 4.78 is 1.69. The van der Waals surface area contributed by atoms with Crippen LogP contribution in [-0.2, 0) is 13.0 Å². The first-order valence-corrected chi connectivity index (χ1v) is 7.06. The molecule has 1 heterocycles. The molecular formula is C16H22N2O. The van der Waals surface area contributed by atoms with E-state index in [0.717, 1.165) is 36.1 Å². The van der Waals surface area contributed by atoms with Gasteiger partial charge in [-0.2, -0.15) is 0 Å². The van der Waals surface area contributed by atoms with E-state index in [4.69, 9.17) is 0 Å². The van der Waals surface area contributed by atoms with Crippen molar-refractivity contribution in [3.05, 3.63) is 45.7 Å². The summed E-state index contributed by atoms with van der Waals surface area (Å²) in [4.78, 5) is 12.3. The zero-order valence-electron chi connectivity index (χ0n) is 12.0. The van der Waals surface area contributed by atoms with Gasteiger partial charge in [-0.1, -0.05) is 43.2 Å². The summed E-state index contributed by atoms with van der Waals surface area (Å²) in [5, 5.41) is 3.25. The fourth-order valence-corrected chi connectivity index (χ4v) is 2.29. The summed E-state index contributed by atoms with van der Waals surface area (Å²) in [7, 11) is 0. The Morgan fingerprint density at radius 1 is 1.16 bits per heavy atom. The molecule has 3 nitrogen and oxygen atoms in total. The first kappa shape index (κ1) is 13.7. The molecule has 1 aromatic heterocycles. The summed E-state index contributed by atoms with van der Waals surface area (Å²) in [6.45, 7) is 6.89. The normalized spacial score (nSPS) is 10.9. The van der Waals surface area contributed by atoms with E-state index in [1.165, 1.54) is 5.56 Å². The molecule has 0 atom stereocenters. The van der Waals surface area contributed by atoms with Crippen LogP contribution in [0.4, 0.5) is 0 Å². The van der Waals surface area contributed by atoms with E-state index in [1.807, 2.05) is 6.92 Å². The van der Waals surface area contributed by atoms with Crippen molar-refractivity contribution in [2.75, 3.05) is 0 Å². The summed E-state index contributed by atoms with van der Waals surface area (Å²) >= 11 is 0. The van der Waals surface area contributed by atoms with Crippen LogP contribution < -0.4 is 5.56 Å². The number of nitrogens with zero attached hydrogens (tertiary/aromatic N) is 1. The van der Waals surface area contributed by atoms with E-state index in [9.17, 15) is 4.79 Å². The third-order valence-corrected chi connectivity index (χ3v) is 3.49. The number of benzene rings is 1. The fourth-order valence-electron chi connectivity index (χ4n) is 2.29. The molecule has 0 bridgehead atoms. The minimum absolute atomic E-state index is 0.131. The van der Waals surface area contributed by atoms with Crippen molar-refractivity contribution in [1.29, 1.82) is 0 Å². The number of H-pyrrole nitrogens is 1. The highest BCUT2D eigenvalue weighted by Crippen LogP contribution is 2.21. The maximum Gasteiger partial charge on any atom is 0.270 e. The standard InChI is InChI=1S/C16H22N2O/c1-4-6-7-14-15(17-18(5-2)16(14)19)13-10-8-12(3)9-11-13/h8-11,17H,4-7H2,1-3H3. The molecule has 0 aliphatic rings. The number of rotatable bonds is 5. The average molecular weight is 258 g/mol. The molecule has 2 rings (SSSR count). The van der Waals surface area contributed by atoms with Crippen LogP contribution in [-0.4, -0.2) is 9.78 Å². The van der Waals surface area contributed by atoms with Crippen molar-refractivity contribution in [2.24, 2.45) is 0 Å². The molecule has 2 aromatic rings. The third-order valence-electron chi connectivity index (χ3n) is 3.49. The Labute approximate surface area is 114 Å². The lowest BCUT2D eigenvalue weighted by Gasteiger charge is -2.03. The lowest BCUT2D eigenvalue weighted by molar-refractivity contribution is 0.637. The smallest absolute Gasteiger partial charge is 0.270 e.